The van der Waals surface area contributed by atoms with Gasteiger partial charge in [0.1, 0.15) is 5.54 Å². The molecule has 30 heavy (non-hydrogen) atoms. The highest BCUT2D eigenvalue weighted by molar-refractivity contribution is 7.98. The number of likely N-dealkylation sites (tertiary alicyclic amines) is 1. The molecule has 8 heteroatoms. The van der Waals surface area contributed by atoms with E-state index in [-0.39, 0.29) is 29.8 Å². The van der Waals surface area contributed by atoms with E-state index in [9.17, 15) is 14.4 Å². The van der Waals surface area contributed by atoms with Crippen molar-refractivity contribution in [1.82, 2.24) is 10.2 Å². The van der Waals surface area contributed by atoms with Crippen LogP contribution in [0.3, 0.4) is 0 Å². The summed E-state index contributed by atoms with van der Waals surface area (Å²) in [4.78, 5) is 42.3. The summed E-state index contributed by atoms with van der Waals surface area (Å²) in [6.07, 6.45) is 6.54. The van der Waals surface area contributed by atoms with Crippen molar-refractivity contribution in [2.24, 2.45) is 11.8 Å². The quantitative estimate of drug-likeness (QED) is 0.693. The van der Waals surface area contributed by atoms with E-state index in [0.717, 1.165) is 43.4 Å². The van der Waals surface area contributed by atoms with E-state index < -0.39 is 17.4 Å². The Morgan fingerprint density at radius 2 is 1.93 bits per heavy atom. The predicted molar refractivity (Wildman–Crippen MR) is 118 cm³/mol. The predicted octanol–water partition coefficient (Wildman–Crippen LogP) is 3.06. The van der Waals surface area contributed by atoms with Crippen LogP contribution in [0.5, 0.6) is 0 Å². The number of halogens is 1. The number of hydrogen-bond acceptors (Lipinski definition) is 5. The summed E-state index contributed by atoms with van der Waals surface area (Å²) in [5.41, 5.74) is 1.03. The van der Waals surface area contributed by atoms with E-state index in [1.807, 2.05) is 19.2 Å². The second-order valence-electron chi connectivity index (χ2n) is 8.93. The lowest BCUT2D eigenvalue weighted by Crippen LogP contribution is -2.54. The van der Waals surface area contributed by atoms with Gasteiger partial charge in [-0.15, -0.1) is 0 Å². The number of rotatable bonds is 4. The van der Waals surface area contributed by atoms with Crippen molar-refractivity contribution in [3.8, 4) is 0 Å². The molecule has 2 unspecified atom stereocenters. The van der Waals surface area contributed by atoms with Crippen LogP contribution in [0.1, 0.15) is 43.2 Å². The molecule has 4 aliphatic rings. The topological polar surface area (TPSA) is 78.5 Å². The summed E-state index contributed by atoms with van der Waals surface area (Å²) in [7, 11) is 0. The van der Waals surface area contributed by atoms with Gasteiger partial charge in [0.15, 0.2) is 0 Å². The molecule has 3 aliphatic heterocycles. The van der Waals surface area contributed by atoms with Crippen LogP contribution < -0.4 is 10.6 Å². The molecule has 3 heterocycles. The summed E-state index contributed by atoms with van der Waals surface area (Å²) < 4.78 is 0. The van der Waals surface area contributed by atoms with E-state index in [1.54, 1.807) is 17.8 Å². The van der Waals surface area contributed by atoms with Crippen LogP contribution >= 0.6 is 23.4 Å². The Morgan fingerprint density at radius 1 is 1.20 bits per heavy atom. The maximum absolute atomic E-state index is 13.7. The molecule has 2 saturated heterocycles. The molecular formula is C22H26ClN3O3S. The zero-order valence-electron chi connectivity index (χ0n) is 17.2. The Balaban J connectivity index is 1.65. The van der Waals surface area contributed by atoms with Gasteiger partial charge in [0.25, 0.3) is 0 Å². The Bertz CT molecular complexity index is 948. The number of carbonyl (C=O) groups is 3. The van der Waals surface area contributed by atoms with Gasteiger partial charge in [-0.2, -0.15) is 11.8 Å². The minimum absolute atomic E-state index is 0.0288. The number of aryl methyl sites for hydroxylation is 1. The minimum atomic E-state index is -1.24. The molecule has 1 aromatic carbocycles. The number of thioether (sulfide) groups is 1. The van der Waals surface area contributed by atoms with Crippen molar-refractivity contribution in [3.05, 3.63) is 28.3 Å². The molecule has 1 aromatic rings. The molecule has 1 aliphatic carbocycles. The highest BCUT2D eigenvalue weighted by atomic mass is 35.5. The van der Waals surface area contributed by atoms with E-state index in [4.69, 9.17) is 11.6 Å². The molecular weight excluding hydrogens is 422 g/mol. The summed E-state index contributed by atoms with van der Waals surface area (Å²) in [5, 5.41) is 7.00. The fourth-order valence-electron chi connectivity index (χ4n) is 6.07. The molecule has 1 spiro atoms. The molecule has 2 N–H and O–H groups in total. The summed E-state index contributed by atoms with van der Waals surface area (Å²) >= 11 is 8.07. The Kier molecular flexibility index (Phi) is 4.91. The molecule has 0 aromatic heterocycles. The van der Waals surface area contributed by atoms with Crippen molar-refractivity contribution in [2.75, 3.05) is 17.3 Å². The van der Waals surface area contributed by atoms with Crippen molar-refractivity contribution >= 4 is 46.8 Å². The molecule has 6 nitrogen and oxygen atoms in total. The van der Waals surface area contributed by atoms with E-state index >= 15 is 0 Å². The number of carbonyl (C=O) groups excluding carboxylic acids is 3. The van der Waals surface area contributed by atoms with Crippen LogP contribution in [-0.4, -0.2) is 46.7 Å². The smallest absolute Gasteiger partial charge is 0.250 e. The average molecular weight is 448 g/mol. The third-order valence-electron chi connectivity index (χ3n) is 7.34. The van der Waals surface area contributed by atoms with E-state index in [0.29, 0.717) is 16.3 Å². The normalized spacial score (nSPS) is 33.0. The van der Waals surface area contributed by atoms with Crippen LogP contribution in [0.2, 0.25) is 5.02 Å². The van der Waals surface area contributed by atoms with Crippen LogP contribution in [0.25, 0.3) is 0 Å². The van der Waals surface area contributed by atoms with Crippen molar-refractivity contribution in [1.29, 1.82) is 0 Å². The SMILES string of the molecule is CSCCC1NC2(C(=O)Nc3c(C)cc(Cl)cc32)[C@@H]2C(=O)N(C3CCCC3)C(=O)[C@H]12. The molecule has 0 radical (unpaired) electrons. The number of nitrogens with zero attached hydrogens (tertiary/aromatic N) is 1. The first-order valence-corrected chi connectivity index (χ1v) is 12.4. The lowest BCUT2D eigenvalue weighted by Gasteiger charge is -2.31. The number of amides is 3. The number of fused-ring (bicyclic) bond motifs is 4. The highest BCUT2D eigenvalue weighted by Gasteiger charge is 2.71. The van der Waals surface area contributed by atoms with Crippen LogP contribution in [0.15, 0.2) is 12.1 Å². The maximum Gasteiger partial charge on any atom is 0.250 e. The number of hydrogen-bond donors (Lipinski definition) is 2. The van der Waals surface area contributed by atoms with Gasteiger partial charge in [-0.25, -0.2) is 0 Å². The molecule has 3 amide bonds. The van der Waals surface area contributed by atoms with Crippen LogP contribution in [-0.2, 0) is 19.9 Å². The van der Waals surface area contributed by atoms with Crippen LogP contribution in [0, 0.1) is 18.8 Å². The Hall–Kier alpha value is -1.57. The number of imide groups is 1. The second kappa shape index (κ2) is 7.24. The van der Waals surface area contributed by atoms with Crippen LogP contribution in [0.4, 0.5) is 5.69 Å². The number of benzene rings is 1. The van der Waals surface area contributed by atoms with Gasteiger partial charge in [-0.1, -0.05) is 24.4 Å². The first-order valence-electron chi connectivity index (χ1n) is 10.7. The summed E-state index contributed by atoms with van der Waals surface area (Å²) in [6.45, 7) is 1.90. The van der Waals surface area contributed by atoms with Gasteiger partial charge in [0, 0.05) is 28.4 Å². The second-order valence-corrected chi connectivity index (χ2v) is 10.3. The Morgan fingerprint density at radius 3 is 2.63 bits per heavy atom. The van der Waals surface area contributed by atoms with Crippen molar-refractivity contribution in [2.45, 2.75) is 56.7 Å². The zero-order valence-corrected chi connectivity index (χ0v) is 18.7. The molecule has 4 atom stereocenters. The fourth-order valence-corrected chi connectivity index (χ4v) is 6.83. The summed E-state index contributed by atoms with van der Waals surface area (Å²) in [5.74, 6) is -0.939. The first kappa shape index (κ1) is 20.3. The number of nitrogens with one attached hydrogen (secondary N) is 2. The standard InChI is InChI=1S/C22H26ClN3O3S/c1-11-9-12(23)10-14-18(11)24-21(29)22(14)17-16(15(25-22)7-8-30-2)19(27)26(20(17)28)13-5-3-4-6-13/h9-10,13,15-17,25H,3-8H2,1-2H3,(H,24,29)/t15?,16-,17+,22?/m1/s1. The van der Waals surface area contributed by atoms with Gasteiger partial charge in [0.05, 0.1) is 11.8 Å². The minimum Gasteiger partial charge on any atom is -0.324 e. The third-order valence-corrected chi connectivity index (χ3v) is 8.21. The lowest BCUT2D eigenvalue weighted by molar-refractivity contribution is -0.145. The highest BCUT2D eigenvalue weighted by Crippen LogP contribution is 2.55. The first-order chi connectivity index (χ1) is 14.4. The van der Waals surface area contributed by atoms with Gasteiger partial charge < -0.3 is 5.32 Å². The monoisotopic (exact) mass is 447 g/mol. The zero-order chi connectivity index (χ0) is 21.2. The van der Waals surface area contributed by atoms with E-state index in [2.05, 4.69) is 10.6 Å². The molecule has 1 saturated carbocycles. The van der Waals surface area contributed by atoms with E-state index in [1.165, 1.54) is 4.90 Å². The number of anilines is 1. The van der Waals surface area contributed by atoms with Gasteiger partial charge in [0.2, 0.25) is 17.7 Å². The maximum atomic E-state index is 13.7. The molecule has 0 bridgehead atoms. The summed E-state index contributed by atoms with van der Waals surface area (Å²) in [6, 6.07) is 3.34. The molecule has 3 fully saturated rings. The van der Waals surface area contributed by atoms with Gasteiger partial charge in [-0.3, -0.25) is 24.6 Å². The Labute approximate surface area is 185 Å². The lowest BCUT2D eigenvalue weighted by atomic mass is 9.76. The molecule has 5 rings (SSSR count). The average Bonchev–Trinajstić information content (AvgIpc) is 3.44. The van der Waals surface area contributed by atoms with Gasteiger partial charge >= 0.3 is 0 Å². The fraction of sp³-hybridized carbons (Fsp3) is 0.591. The van der Waals surface area contributed by atoms with Crippen molar-refractivity contribution < 1.29 is 14.4 Å². The third kappa shape index (κ3) is 2.64. The molecule has 160 valence electrons. The largest absolute Gasteiger partial charge is 0.324 e. The van der Waals surface area contributed by atoms with Crippen molar-refractivity contribution in [3.63, 3.8) is 0 Å². The van der Waals surface area contributed by atoms with Gasteiger partial charge in [-0.05, 0) is 55.9 Å².